The Kier molecular flexibility index (Phi) is 13.1. The van der Waals surface area contributed by atoms with Crippen LogP contribution >= 0.6 is 7.26 Å². The van der Waals surface area contributed by atoms with Crippen molar-refractivity contribution in [1.29, 1.82) is 0 Å². The Bertz CT molecular complexity index is 315. The van der Waals surface area contributed by atoms with Gasteiger partial charge in [0, 0.05) is 7.26 Å². The molecule has 0 saturated carbocycles. The number of unbranched alkanes of at least 4 members (excludes halogenated alkanes) is 3. The number of benzene rings is 1. The Labute approximate surface area is 150 Å². The van der Waals surface area contributed by atoms with Gasteiger partial charge in [0.2, 0.25) is 0 Å². The lowest BCUT2D eigenvalue weighted by molar-refractivity contribution is -0.00000452. The zero-order valence-corrected chi connectivity index (χ0v) is 17.3. The second kappa shape index (κ2) is 12.9. The van der Waals surface area contributed by atoms with Crippen LogP contribution in [0, 0.1) is 0 Å². The summed E-state index contributed by atoms with van der Waals surface area (Å²) < 4.78 is 0. The summed E-state index contributed by atoms with van der Waals surface area (Å²) in [5.74, 6) is 0. The molecule has 0 radical (unpaired) electrons. The maximum absolute atomic E-state index is 2.35. The van der Waals surface area contributed by atoms with Gasteiger partial charge < -0.3 is 24.0 Å². The van der Waals surface area contributed by atoms with E-state index in [4.69, 9.17) is 0 Å². The molecule has 1 aromatic carbocycles. The van der Waals surface area contributed by atoms with E-state index < -0.39 is 7.26 Å². The van der Waals surface area contributed by atoms with E-state index >= 15 is 0 Å². The van der Waals surface area contributed by atoms with E-state index in [9.17, 15) is 0 Å². The second-order valence-corrected chi connectivity index (χ2v) is 10.6. The van der Waals surface area contributed by atoms with Gasteiger partial charge in [-0.25, -0.2) is 0 Å². The van der Waals surface area contributed by atoms with Gasteiger partial charge in [-0.05, 0) is 24.8 Å². The number of hydrogen-bond acceptors (Lipinski definition) is 0. The van der Waals surface area contributed by atoms with Crippen LogP contribution in [0.3, 0.4) is 0 Å². The summed E-state index contributed by atoms with van der Waals surface area (Å²) in [4.78, 5) is 0. The van der Waals surface area contributed by atoms with Gasteiger partial charge in [-0.3, -0.25) is 0 Å². The maximum Gasteiger partial charge on any atom is 0.0842 e. The third kappa shape index (κ3) is 8.55. The summed E-state index contributed by atoms with van der Waals surface area (Å²) in [6, 6.07) is 11.3. The van der Waals surface area contributed by atoms with Crippen LogP contribution in [0.4, 0.5) is 0 Å². The Balaban J connectivity index is 0.00000400. The highest BCUT2D eigenvalue weighted by Crippen LogP contribution is 2.63. The standard InChI is InChI=1S/C19H34P.HI/c1-4-7-15-20(16-8-5-2,17-9-6-3)18-19-13-11-10-12-14-19;/h10-14H,4-9,15-18H2,1-3H3;1H/q+1;/p-1. The highest BCUT2D eigenvalue weighted by atomic mass is 127. The van der Waals surface area contributed by atoms with Crippen molar-refractivity contribution in [3.63, 3.8) is 0 Å². The molecule has 0 unspecified atom stereocenters. The monoisotopic (exact) mass is 420 g/mol. The van der Waals surface area contributed by atoms with Gasteiger partial charge in [0.15, 0.2) is 0 Å². The quantitative estimate of drug-likeness (QED) is 0.379. The van der Waals surface area contributed by atoms with Gasteiger partial charge in [-0.2, -0.15) is 0 Å². The van der Waals surface area contributed by atoms with Crippen LogP contribution in [0.5, 0.6) is 0 Å². The molecular formula is C19H34IP. The maximum atomic E-state index is 2.35. The van der Waals surface area contributed by atoms with E-state index in [-0.39, 0.29) is 24.0 Å². The van der Waals surface area contributed by atoms with Gasteiger partial charge >= 0.3 is 0 Å². The SMILES string of the molecule is CCCC[P+](CCCC)(CCCC)Cc1ccccc1.[I-]. The normalized spacial score (nSPS) is 11.2. The Hall–Kier alpha value is 0.380. The van der Waals surface area contributed by atoms with Crippen LogP contribution in [-0.4, -0.2) is 18.5 Å². The third-order valence-corrected chi connectivity index (χ3v) is 9.15. The molecule has 0 amide bonds. The van der Waals surface area contributed by atoms with Gasteiger partial charge in [-0.15, -0.1) is 0 Å². The number of halogens is 1. The minimum atomic E-state index is -0.768. The van der Waals surface area contributed by atoms with Crippen LogP contribution in [-0.2, 0) is 6.16 Å². The van der Waals surface area contributed by atoms with E-state index in [1.165, 1.54) is 63.2 Å². The molecule has 0 atom stereocenters. The summed E-state index contributed by atoms with van der Waals surface area (Å²) in [5.41, 5.74) is 1.59. The molecule has 1 rings (SSSR count). The minimum absolute atomic E-state index is 0. The van der Waals surface area contributed by atoms with Gasteiger partial charge in [0.1, 0.15) is 0 Å². The topological polar surface area (TPSA) is 0 Å². The Morgan fingerprint density at radius 2 is 1.14 bits per heavy atom. The predicted molar refractivity (Wildman–Crippen MR) is 96.4 cm³/mol. The van der Waals surface area contributed by atoms with Crippen LogP contribution in [0.25, 0.3) is 0 Å². The lowest BCUT2D eigenvalue weighted by Gasteiger charge is -2.28. The first kappa shape index (κ1) is 21.4. The molecule has 0 saturated heterocycles. The van der Waals surface area contributed by atoms with Gasteiger partial charge in [0.25, 0.3) is 0 Å². The summed E-state index contributed by atoms with van der Waals surface area (Å²) in [7, 11) is -0.768. The fraction of sp³-hybridized carbons (Fsp3) is 0.684. The molecule has 0 fully saturated rings. The average molecular weight is 420 g/mol. The first-order valence-electron chi connectivity index (χ1n) is 8.65. The molecule has 0 heterocycles. The fourth-order valence-electron chi connectivity index (χ4n) is 3.02. The Morgan fingerprint density at radius 1 is 0.714 bits per heavy atom. The fourth-order valence-corrected chi connectivity index (χ4v) is 8.12. The molecule has 0 aliphatic carbocycles. The first-order valence-corrected chi connectivity index (χ1v) is 11.2. The lowest BCUT2D eigenvalue weighted by Crippen LogP contribution is -3.00. The largest absolute Gasteiger partial charge is 1.00 e. The smallest absolute Gasteiger partial charge is 0.0842 e. The van der Waals surface area contributed by atoms with Crippen molar-refractivity contribution in [2.24, 2.45) is 0 Å². The van der Waals surface area contributed by atoms with Crippen LogP contribution in [0.15, 0.2) is 30.3 Å². The molecule has 2 heteroatoms. The second-order valence-electron chi connectivity index (χ2n) is 6.22. The molecule has 0 aliphatic rings. The molecule has 0 bridgehead atoms. The highest BCUT2D eigenvalue weighted by molar-refractivity contribution is 7.75. The average Bonchev–Trinajstić information content (AvgIpc) is 2.49. The van der Waals surface area contributed by atoms with E-state index in [0.717, 1.165) is 0 Å². The molecule has 0 N–H and O–H groups in total. The zero-order chi connectivity index (χ0) is 14.7. The minimum Gasteiger partial charge on any atom is -1.00 e. The molecule has 0 aromatic heterocycles. The molecule has 0 spiro atoms. The van der Waals surface area contributed by atoms with E-state index in [1.54, 1.807) is 5.56 Å². The van der Waals surface area contributed by atoms with E-state index in [0.29, 0.717) is 0 Å². The van der Waals surface area contributed by atoms with Crippen molar-refractivity contribution in [3.05, 3.63) is 35.9 Å². The number of rotatable bonds is 11. The van der Waals surface area contributed by atoms with Crippen LogP contribution in [0.2, 0.25) is 0 Å². The summed E-state index contributed by atoms with van der Waals surface area (Å²) in [5, 5.41) is 0. The van der Waals surface area contributed by atoms with Crippen LogP contribution in [0.1, 0.15) is 64.9 Å². The van der Waals surface area contributed by atoms with Crippen molar-refractivity contribution in [3.8, 4) is 0 Å². The highest BCUT2D eigenvalue weighted by Gasteiger charge is 2.35. The predicted octanol–water partition coefficient (Wildman–Crippen LogP) is 3.61. The third-order valence-electron chi connectivity index (χ3n) is 4.32. The zero-order valence-electron chi connectivity index (χ0n) is 14.3. The van der Waals surface area contributed by atoms with Gasteiger partial charge in [-0.1, -0.05) is 70.4 Å². The molecule has 0 nitrogen and oxygen atoms in total. The van der Waals surface area contributed by atoms with Crippen molar-refractivity contribution < 1.29 is 24.0 Å². The molecule has 122 valence electrons. The van der Waals surface area contributed by atoms with Crippen molar-refractivity contribution >= 4 is 7.26 Å². The Morgan fingerprint density at radius 3 is 1.52 bits per heavy atom. The molecule has 0 aliphatic heterocycles. The van der Waals surface area contributed by atoms with Crippen LogP contribution < -0.4 is 24.0 Å². The van der Waals surface area contributed by atoms with Crippen molar-refractivity contribution in [2.75, 3.05) is 18.5 Å². The summed E-state index contributed by atoms with van der Waals surface area (Å²) in [6.07, 6.45) is 14.4. The summed E-state index contributed by atoms with van der Waals surface area (Å²) >= 11 is 0. The molecule has 21 heavy (non-hydrogen) atoms. The molecular weight excluding hydrogens is 386 g/mol. The first-order chi connectivity index (χ1) is 9.76. The summed E-state index contributed by atoms with van der Waals surface area (Å²) in [6.45, 7) is 7.03. The molecule has 1 aromatic rings. The van der Waals surface area contributed by atoms with E-state index in [2.05, 4.69) is 51.1 Å². The van der Waals surface area contributed by atoms with Crippen molar-refractivity contribution in [1.82, 2.24) is 0 Å². The number of hydrogen-bond donors (Lipinski definition) is 0. The van der Waals surface area contributed by atoms with Gasteiger partial charge in [0.05, 0.1) is 24.6 Å². The van der Waals surface area contributed by atoms with Crippen molar-refractivity contribution in [2.45, 2.75) is 65.5 Å². The van der Waals surface area contributed by atoms with E-state index in [1.807, 2.05) is 0 Å². The lowest BCUT2D eigenvalue weighted by atomic mass is 10.2.